The molecule has 2 rings (SSSR count). The summed E-state index contributed by atoms with van der Waals surface area (Å²) in [6, 6.07) is 0. The van der Waals surface area contributed by atoms with E-state index in [9.17, 15) is 5.11 Å². The van der Waals surface area contributed by atoms with E-state index in [-0.39, 0.29) is 6.10 Å². The summed E-state index contributed by atoms with van der Waals surface area (Å²) in [7, 11) is 0. The van der Waals surface area contributed by atoms with Crippen LogP contribution in [0.4, 0.5) is 0 Å². The fraction of sp³-hybridized carbons (Fsp3) is 0.818. The molecule has 1 fully saturated rings. The molecule has 1 aliphatic carbocycles. The zero-order valence-electron chi connectivity index (χ0n) is 9.15. The number of aromatic nitrogens is 2. The van der Waals surface area contributed by atoms with Crippen molar-refractivity contribution in [1.29, 1.82) is 0 Å². The molecule has 15 heavy (non-hydrogen) atoms. The third-order valence-corrected chi connectivity index (χ3v) is 4.12. The Bertz CT molecular complexity index is 307. The Labute approximate surface area is 94.7 Å². The molecule has 1 heterocycles. The summed E-state index contributed by atoms with van der Waals surface area (Å²) in [4.78, 5) is 1.00. The van der Waals surface area contributed by atoms with Crippen LogP contribution < -0.4 is 0 Å². The van der Waals surface area contributed by atoms with E-state index < -0.39 is 0 Å². The third kappa shape index (κ3) is 2.37. The fourth-order valence-corrected chi connectivity index (χ4v) is 3.17. The van der Waals surface area contributed by atoms with Gasteiger partial charge in [-0.25, -0.2) is 0 Å². The zero-order valence-corrected chi connectivity index (χ0v) is 9.96. The minimum atomic E-state index is -0.319. The first-order valence-electron chi connectivity index (χ1n) is 5.82. The summed E-state index contributed by atoms with van der Waals surface area (Å²) < 4.78 is 3.94. The van der Waals surface area contributed by atoms with Crippen LogP contribution in [0.3, 0.4) is 0 Å². The summed E-state index contributed by atoms with van der Waals surface area (Å²) in [6.45, 7) is 2.06. The normalized spacial score (nSPS) is 20.4. The van der Waals surface area contributed by atoms with E-state index in [4.69, 9.17) is 0 Å². The number of aliphatic hydroxyl groups is 1. The van der Waals surface area contributed by atoms with Crippen LogP contribution in [0, 0.1) is 5.92 Å². The van der Waals surface area contributed by atoms with Crippen LogP contribution in [-0.2, 0) is 6.42 Å². The molecule has 0 aliphatic heterocycles. The summed E-state index contributed by atoms with van der Waals surface area (Å²) in [6.07, 6.45) is 6.70. The van der Waals surface area contributed by atoms with Gasteiger partial charge in [0.15, 0.2) is 0 Å². The maximum absolute atomic E-state index is 10.3. The van der Waals surface area contributed by atoms with Crippen molar-refractivity contribution >= 4 is 11.5 Å². The quantitative estimate of drug-likeness (QED) is 0.862. The van der Waals surface area contributed by atoms with E-state index in [0.717, 1.165) is 29.8 Å². The van der Waals surface area contributed by atoms with Crippen LogP contribution in [-0.4, -0.2) is 14.7 Å². The monoisotopic (exact) mass is 226 g/mol. The predicted octanol–water partition coefficient (Wildman–Crippen LogP) is 2.71. The molecule has 0 amide bonds. The van der Waals surface area contributed by atoms with Gasteiger partial charge in [-0.2, -0.15) is 0 Å². The smallest absolute Gasteiger partial charge is 0.0945 e. The van der Waals surface area contributed by atoms with E-state index in [1.54, 1.807) is 0 Å². The predicted molar refractivity (Wildman–Crippen MR) is 60.8 cm³/mol. The molecule has 1 saturated carbocycles. The molecule has 4 heteroatoms. The van der Waals surface area contributed by atoms with E-state index in [0.29, 0.717) is 5.92 Å². The van der Waals surface area contributed by atoms with Gasteiger partial charge in [-0.3, -0.25) is 0 Å². The Kier molecular flexibility index (Phi) is 3.70. The fourth-order valence-electron chi connectivity index (χ4n) is 2.35. The highest BCUT2D eigenvalue weighted by Crippen LogP contribution is 2.36. The zero-order chi connectivity index (χ0) is 10.7. The SMILES string of the molecule is CCc1nnsc1C(O)C1CCCCC1. The highest BCUT2D eigenvalue weighted by atomic mass is 32.1. The first kappa shape index (κ1) is 11.0. The van der Waals surface area contributed by atoms with Gasteiger partial charge in [0.2, 0.25) is 0 Å². The lowest BCUT2D eigenvalue weighted by Gasteiger charge is -2.25. The number of hydrogen-bond donors (Lipinski definition) is 1. The van der Waals surface area contributed by atoms with Crippen molar-refractivity contribution in [2.75, 3.05) is 0 Å². The first-order chi connectivity index (χ1) is 7.33. The Morgan fingerprint density at radius 3 is 2.80 bits per heavy atom. The molecule has 1 N–H and O–H groups in total. The summed E-state index contributed by atoms with van der Waals surface area (Å²) in [5.41, 5.74) is 0.984. The second-order valence-corrected chi connectivity index (χ2v) is 5.07. The molecule has 1 unspecified atom stereocenters. The maximum atomic E-state index is 10.3. The van der Waals surface area contributed by atoms with E-state index in [1.807, 2.05) is 0 Å². The number of rotatable bonds is 3. The lowest BCUT2D eigenvalue weighted by molar-refractivity contribution is 0.0870. The first-order valence-corrected chi connectivity index (χ1v) is 6.59. The van der Waals surface area contributed by atoms with Gasteiger partial charge in [-0.05, 0) is 36.7 Å². The molecule has 1 aromatic rings. The molecule has 0 spiro atoms. The molecule has 3 nitrogen and oxygen atoms in total. The van der Waals surface area contributed by atoms with Crippen molar-refractivity contribution in [1.82, 2.24) is 9.59 Å². The van der Waals surface area contributed by atoms with Crippen LogP contribution in [0.25, 0.3) is 0 Å². The van der Waals surface area contributed by atoms with E-state index >= 15 is 0 Å². The van der Waals surface area contributed by atoms with E-state index in [2.05, 4.69) is 16.5 Å². The van der Waals surface area contributed by atoms with Gasteiger partial charge in [-0.1, -0.05) is 30.7 Å². The van der Waals surface area contributed by atoms with Crippen LogP contribution in [0.1, 0.15) is 55.7 Å². The molecule has 0 aromatic carbocycles. The van der Waals surface area contributed by atoms with Crippen molar-refractivity contribution in [3.63, 3.8) is 0 Å². The van der Waals surface area contributed by atoms with Gasteiger partial charge in [-0.15, -0.1) is 5.10 Å². The van der Waals surface area contributed by atoms with Crippen molar-refractivity contribution in [2.24, 2.45) is 5.92 Å². The van der Waals surface area contributed by atoms with Gasteiger partial charge >= 0.3 is 0 Å². The summed E-state index contributed by atoms with van der Waals surface area (Å²) in [5, 5.41) is 14.3. The van der Waals surface area contributed by atoms with Crippen LogP contribution in [0.2, 0.25) is 0 Å². The second kappa shape index (κ2) is 5.03. The molecule has 84 valence electrons. The molecular weight excluding hydrogens is 208 g/mol. The average molecular weight is 226 g/mol. The number of aryl methyl sites for hydroxylation is 1. The molecule has 1 aromatic heterocycles. The standard InChI is InChI=1S/C11H18N2OS/c1-2-9-11(15-13-12-9)10(14)8-6-4-3-5-7-8/h8,10,14H,2-7H2,1H3. The molecule has 1 aliphatic rings. The van der Waals surface area contributed by atoms with Crippen LogP contribution in [0.5, 0.6) is 0 Å². The average Bonchev–Trinajstić information content (AvgIpc) is 2.77. The van der Waals surface area contributed by atoms with Gasteiger partial charge < -0.3 is 5.11 Å². The van der Waals surface area contributed by atoms with Gasteiger partial charge in [0.05, 0.1) is 16.7 Å². The maximum Gasteiger partial charge on any atom is 0.0945 e. The Balaban J connectivity index is 2.08. The highest BCUT2D eigenvalue weighted by Gasteiger charge is 2.26. The van der Waals surface area contributed by atoms with Gasteiger partial charge in [0, 0.05) is 0 Å². The van der Waals surface area contributed by atoms with Gasteiger partial charge in [0.25, 0.3) is 0 Å². The van der Waals surface area contributed by atoms with Gasteiger partial charge in [0.1, 0.15) is 0 Å². The molecular formula is C11H18N2OS. The molecule has 1 atom stereocenters. The van der Waals surface area contributed by atoms with Crippen molar-refractivity contribution in [3.8, 4) is 0 Å². The number of aliphatic hydroxyl groups excluding tert-OH is 1. The lowest BCUT2D eigenvalue weighted by atomic mass is 9.84. The Hall–Kier alpha value is -0.480. The highest BCUT2D eigenvalue weighted by molar-refractivity contribution is 7.05. The minimum absolute atomic E-state index is 0.319. The molecule has 0 saturated heterocycles. The van der Waals surface area contributed by atoms with Crippen molar-refractivity contribution in [3.05, 3.63) is 10.6 Å². The Morgan fingerprint density at radius 2 is 2.13 bits per heavy atom. The molecule has 0 bridgehead atoms. The Morgan fingerprint density at radius 1 is 1.40 bits per heavy atom. The van der Waals surface area contributed by atoms with Crippen LogP contribution in [0.15, 0.2) is 0 Å². The van der Waals surface area contributed by atoms with Crippen molar-refractivity contribution in [2.45, 2.75) is 51.6 Å². The third-order valence-electron chi connectivity index (χ3n) is 3.29. The van der Waals surface area contributed by atoms with Crippen molar-refractivity contribution < 1.29 is 5.11 Å². The van der Waals surface area contributed by atoms with E-state index in [1.165, 1.54) is 30.8 Å². The largest absolute Gasteiger partial charge is 0.387 e. The minimum Gasteiger partial charge on any atom is -0.387 e. The summed E-state index contributed by atoms with van der Waals surface area (Å²) >= 11 is 1.36. The number of hydrogen-bond acceptors (Lipinski definition) is 4. The number of nitrogens with zero attached hydrogens (tertiary/aromatic N) is 2. The topological polar surface area (TPSA) is 46.0 Å². The lowest BCUT2D eigenvalue weighted by Crippen LogP contribution is -2.16. The van der Waals surface area contributed by atoms with Crippen LogP contribution >= 0.6 is 11.5 Å². The second-order valence-electron chi connectivity index (χ2n) is 4.28. The summed E-state index contributed by atoms with van der Waals surface area (Å²) in [5.74, 6) is 0.436. The molecule has 0 radical (unpaired) electrons.